The molecule has 0 bridgehead atoms. The number of ether oxygens (including phenoxy) is 1. The SMILES string of the molecule is Cn1cc(C2CN(C(=O)CCCCC(=O)O)CCO2)cn1. The number of aliphatic carboxylic acids is 1. The van der Waals surface area contributed by atoms with Crippen molar-refractivity contribution in [2.45, 2.75) is 31.8 Å². The largest absolute Gasteiger partial charge is 0.481 e. The highest BCUT2D eigenvalue weighted by Crippen LogP contribution is 2.22. The van der Waals surface area contributed by atoms with Crippen molar-refractivity contribution in [1.29, 1.82) is 0 Å². The molecule has 1 atom stereocenters. The summed E-state index contributed by atoms with van der Waals surface area (Å²) in [6, 6.07) is 0. The molecule has 1 aromatic heterocycles. The van der Waals surface area contributed by atoms with E-state index >= 15 is 0 Å². The predicted octanol–water partition coefficient (Wildman–Crippen LogP) is 0.965. The fourth-order valence-corrected chi connectivity index (χ4v) is 2.39. The molecule has 1 amide bonds. The minimum Gasteiger partial charge on any atom is -0.481 e. The van der Waals surface area contributed by atoms with E-state index in [2.05, 4.69) is 5.10 Å². The molecule has 2 rings (SSSR count). The van der Waals surface area contributed by atoms with Gasteiger partial charge in [0, 0.05) is 38.2 Å². The molecule has 1 unspecified atom stereocenters. The average Bonchev–Trinajstić information content (AvgIpc) is 2.90. The van der Waals surface area contributed by atoms with E-state index in [1.54, 1.807) is 15.8 Å². The Morgan fingerprint density at radius 3 is 2.86 bits per heavy atom. The fraction of sp³-hybridized carbons (Fsp3) is 0.643. The number of hydrogen-bond donors (Lipinski definition) is 1. The van der Waals surface area contributed by atoms with Crippen LogP contribution in [-0.4, -0.2) is 51.4 Å². The molecule has 1 N–H and O–H groups in total. The Bertz CT molecular complexity index is 500. The Kier molecular flexibility index (Phi) is 5.32. The second-order valence-corrected chi connectivity index (χ2v) is 5.25. The van der Waals surface area contributed by atoms with Crippen molar-refractivity contribution >= 4 is 11.9 Å². The fourth-order valence-electron chi connectivity index (χ4n) is 2.39. The summed E-state index contributed by atoms with van der Waals surface area (Å²) in [6.07, 6.45) is 5.19. The average molecular weight is 295 g/mol. The molecule has 1 saturated heterocycles. The summed E-state index contributed by atoms with van der Waals surface area (Å²) < 4.78 is 7.40. The molecule has 21 heavy (non-hydrogen) atoms. The van der Waals surface area contributed by atoms with E-state index in [0.717, 1.165) is 5.56 Å². The van der Waals surface area contributed by atoms with E-state index in [9.17, 15) is 9.59 Å². The van der Waals surface area contributed by atoms with E-state index in [-0.39, 0.29) is 18.4 Å². The van der Waals surface area contributed by atoms with Crippen LogP contribution in [0.15, 0.2) is 12.4 Å². The molecule has 0 radical (unpaired) electrons. The first-order valence-corrected chi connectivity index (χ1v) is 7.16. The maximum Gasteiger partial charge on any atom is 0.303 e. The van der Waals surface area contributed by atoms with Crippen LogP contribution in [0.5, 0.6) is 0 Å². The predicted molar refractivity (Wildman–Crippen MR) is 74.6 cm³/mol. The third-order valence-corrected chi connectivity index (χ3v) is 3.55. The second kappa shape index (κ2) is 7.21. The lowest BCUT2D eigenvalue weighted by molar-refractivity contribution is -0.140. The van der Waals surface area contributed by atoms with Crippen molar-refractivity contribution in [3.8, 4) is 0 Å². The molecule has 7 nitrogen and oxygen atoms in total. The van der Waals surface area contributed by atoms with Crippen LogP contribution in [0.4, 0.5) is 0 Å². The first-order valence-electron chi connectivity index (χ1n) is 7.16. The van der Waals surface area contributed by atoms with Gasteiger partial charge in [-0.15, -0.1) is 0 Å². The van der Waals surface area contributed by atoms with Crippen molar-refractivity contribution in [3.05, 3.63) is 18.0 Å². The first kappa shape index (κ1) is 15.5. The molecular weight excluding hydrogens is 274 g/mol. The molecular formula is C14H21N3O4. The maximum absolute atomic E-state index is 12.1. The second-order valence-electron chi connectivity index (χ2n) is 5.25. The van der Waals surface area contributed by atoms with Crippen molar-refractivity contribution in [1.82, 2.24) is 14.7 Å². The first-order chi connectivity index (χ1) is 10.1. The number of morpholine rings is 1. The zero-order valence-corrected chi connectivity index (χ0v) is 12.2. The van der Waals surface area contributed by atoms with Gasteiger partial charge < -0.3 is 14.7 Å². The smallest absolute Gasteiger partial charge is 0.303 e. The minimum absolute atomic E-state index is 0.0672. The van der Waals surface area contributed by atoms with Crippen molar-refractivity contribution in [3.63, 3.8) is 0 Å². The number of aryl methyl sites for hydroxylation is 1. The van der Waals surface area contributed by atoms with Crippen LogP contribution >= 0.6 is 0 Å². The van der Waals surface area contributed by atoms with Gasteiger partial charge in [0.2, 0.25) is 5.91 Å². The van der Waals surface area contributed by atoms with Crippen LogP contribution in [-0.2, 0) is 21.4 Å². The number of aromatic nitrogens is 2. The third kappa shape index (κ3) is 4.56. The Balaban J connectivity index is 1.80. The molecule has 116 valence electrons. The molecule has 0 spiro atoms. The van der Waals surface area contributed by atoms with Crippen LogP contribution in [0, 0.1) is 0 Å². The maximum atomic E-state index is 12.1. The normalized spacial score (nSPS) is 18.7. The summed E-state index contributed by atoms with van der Waals surface area (Å²) in [5.41, 5.74) is 0.973. The molecule has 1 aliphatic rings. The lowest BCUT2D eigenvalue weighted by Gasteiger charge is -2.32. The summed E-state index contributed by atoms with van der Waals surface area (Å²) >= 11 is 0. The number of amides is 1. The van der Waals surface area contributed by atoms with Crippen LogP contribution in [0.1, 0.15) is 37.4 Å². The number of carboxylic acids is 1. The van der Waals surface area contributed by atoms with Crippen molar-refractivity contribution in [2.24, 2.45) is 7.05 Å². The molecule has 1 aliphatic heterocycles. The van der Waals surface area contributed by atoms with E-state index in [4.69, 9.17) is 9.84 Å². The number of carboxylic acid groups (broad SMARTS) is 1. The number of unbranched alkanes of at least 4 members (excludes halogenated alkanes) is 1. The topological polar surface area (TPSA) is 84.7 Å². The van der Waals surface area contributed by atoms with Gasteiger partial charge in [0.25, 0.3) is 0 Å². The molecule has 1 fully saturated rings. The van der Waals surface area contributed by atoms with E-state index < -0.39 is 5.97 Å². The van der Waals surface area contributed by atoms with Gasteiger partial charge >= 0.3 is 5.97 Å². The lowest BCUT2D eigenvalue weighted by Crippen LogP contribution is -2.42. The highest BCUT2D eigenvalue weighted by atomic mass is 16.5. The Hall–Kier alpha value is -1.89. The van der Waals surface area contributed by atoms with Gasteiger partial charge in [-0.1, -0.05) is 0 Å². The van der Waals surface area contributed by atoms with Gasteiger partial charge in [-0.3, -0.25) is 14.3 Å². The molecule has 0 aromatic carbocycles. The highest BCUT2D eigenvalue weighted by molar-refractivity contribution is 5.76. The van der Waals surface area contributed by atoms with E-state index in [1.165, 1.54) is 0 Å². The Labute approximate surface area is 123 Å². The van der Waals surface area contributed by atoms with Gasteiger partial charge in [0.15, 0.2) is 0 Å². The molecule has 0 aliphatic carbocycles. The standard InChI is InChI=1S/C14H21N3O4/c1-16-9-11(8-15-16)12-10-17(6-7-21-12)13(18)4-2-3-5-14(19)20/h8-9,12H,2-7,10H2,1H3,(H,19,20). The molecule has 1 aromatic rings. The zero-order valence-electron chi connectivity index (χ0n) is 12.2. The molecule has 2 heterocycles. The molecule has 0 saturated carbocycles. The van der Waals surface area contributed by atoms with E-state index in [1.807, 2.05) is 13.2 Å². The number of carbonyl (C=O) groups is 2. The van der Waals surface area contributed by atoms with Gasteiger partial charge in [-0.2, -0.15) is 5.10 Å². The summed E-state index contributed by atoms with van der Waals surface area (Å²) in [6.45, 7) is 1.64. The number of rotatable bonds is 6. The highest BCUT2D eigenvalue weighted by Gasteiger charge is 2.25. The van der Waals surface area contributed by atoms with Crippen molar-refractivity contribution in [2.75, 3.05) is 19.7 Å². The molecule has 7 heteroatoms. The van der Waals surface area contributed by atoms with Crippen LogP contribution in [0.2, 0.25) is 0 Å². The number of carbonyl (C=O) groups excluding carboxylic acids is 1. The van der Waals surface area contributed by atoms with Gasteiger partial charge in [-0.25, -0.2) is 0 Å². The van der Waals surface area contributed by atoms with Crippen LogP contribution < -0.4 is 0 Å². The Morgan fingerprint density at radius 1 is 1.43 bits per heavy atom. The minimum atomic E-state index is -0.814. The van der Waals surface area contributed by atoms with E-state index in [0.29, 0.717) is 39.0 Å². The summed E-state index contributed by atoms with van der Waals surface area (Å²) in [4.78, 5) is 24.3. The van der Waals surface area contributed by atoms with Gasteiger partial charge in [0.05, 0.1) is 19.3 Å². The summed E-state index contributed by atoms with van der Waals surface area (Å²) in [5, 5.41) is 12.7. The van der Waals surface area contributed by atoms with Gasteiger partial charge in [0.1, 0.15) is 6.10 Å². The monoisotopic (exact) mass is 295 g/mol. The number of hydrogen-bond acceptors (Lipinski definition) is 4. The lowest BCUT2D eigenvalue weighted by atomic mass is 10.1. The van der Waals surface area contributed by atoms with Crippen LogP contribution in [0.3, 0.4) is 0 Å². The quantitative estimate of drug-likeness (QED) is 0.790. The third-order valence-electron chi connectivity index (χ3n) is 3.55. The van der Waals surface area contributed by atoms with Gasteiger partial charge in [-0.05, 0) is 12.8 Å². The van der Waals surface area contributed by atoms with Crippen molar-refractivity contribution < 1.29 is 19.4 Å². The van der Waals surface area contributed by atoms with Crippen LogP contribution in [0.25, 0.3) is 0 Å². The summed E-state index contributed by atoms with van der Waals surface area (Å²) in [5.74, 6) is -0.747. The zero-order chi connectivity index (χ0) is 15.2. The Morgan fingerprint density at radius 2 is 2.19 bits per heavy atom. The summed E-state index contributed by atoms with van der Waals surface area (Å²) in [7, 11) is 1.84. The number of nitrogens with zero attached hydrogens (tertiary/aromatic N) is 3.